The number of Topliss-reactive ketones (excluding diaryl/α,β-unsaturated/α-hetero) is 1. The highest BCUT2D eigenvalue weighted by atomic mass is 16.5. The summed E-state index contributed by atoms with van der Waals surface area (Å²) in [5.41, 5.74) is 1.08. The van der Waals surface area contributed by atoms with Gasteiger partial charge in [-0.3, -0.25) is 4.79 Å². The Balaban J connectivity index is 1.46. The van der Waals surface area contributed by atoms with Crippen molar-refractivity contribution in [2.24, 2.45) is 5.92 Å². The zero-order valence-corrected chi connectivity index (χ0v) is 19.3. The number of ketones is 1. The lowest BCUT2D eigenvalue weighted by Crippen LogP contribution is -2.08. The number of benzene rings is 2. The average Bonchev–Trinajstić information content (AvgIpc) is 3.31. The summed E-state index contributed by atoms with van der Waals surface area (Å²) < 4.78 is 16.7. The van der Waals surface area contributed by atoms with Crippen LogP contribution in [-0.4, -0.2) is 42.3 Å². The summed E-state index contributed by atoms with van der Waals surface area (Å²) in [6.45, 7) is 2.55. The monoisotopic (exact) mass is 456 g/mol. The van der Waals surface area contributed by atoms with Gasteiger partial charge in [-0.05, 0) is 56.0 Å². The number of unbranched alkanes of at least 4 members (excludes halogenated alkanes) is 1. The molecular formula is C26H32O7. The molecule has 1 aliphatic carbocycles. The summed E-state index contributed by atoms with van der Waals surface area (Å²) in [5, 5.41) is 19.7. The maximum absolute atomic E-state index is 12.6. The molecule has 0 bridgehead atoms. The molecule has 1 saturated carbocycles. The van der Waals surface area contributed by atoms with E-state index in [-0.39, 0.29) is 17.1 Å². The number of carbonyl (C=O) groups excluding carboxylic acids is 1. The quantitative estimate of drug-likeness (QED) is 0.325. The van der Waals surface area contributed by atoms with E-state index in [2.05, 4.69) is 0 Å². The van der Waals surface area contributed by atoms with Gasteiger partial charge in [0.25, 0.3) is 0 Å². The smallest absolute Gasteiger partial charge is 0.335 e. The first-order chi connectivity index (χ1) is 15.9. The lowest BCUT2D eigenvalue weighted by Gasteiger charge is -2.14. The molecule has 2 aromatic carbocycles. The number of aromatic hydroxyl groups is 1. The van der Waals surface area contributed by atoms with E-state index < -0.39 is 5.97 Å². The molecule has 0 spiro atoms. The number of carboxylic acids is 1. The predicted octanol–water partition coefficient (Wildman–Crippen LogP) is 5.41. The van der Waals surface area contributed by atoms with E-state index >= 15 is 0 Å². The van der Waals surface area contributed by atoms with Crippen molar-refractivity contribution in [2.45, 2.75) is 51.9 Å². The maximum atomic E-state index is 12.6. The lowest BCUT2D eigenvalue weighted by molar-refractivity contribution is 0.0696. The number of hydrogen-bond acceptors (Lipinski definition) is 6. The normalized spacial score (nSPS) is 13.6. The summed E-state index contributed by atoms with van der Waals surface area (Å²) in [6.07, 6.45) is 6.43. The number of aromatic carboxylic acids is 1. The highest BCUT2D eigenvalue weighted by molar-refractivity contribution is 5.99. The molecule has 2 N–H and O–H groups in total. The number of carboxylic acid groups (broad SMARTS) is 1. The van der Waals surface area contributed by atoms with Gasteiger partial charge in [0.1, 0.15) is 11.5 Å². The number of carbonyl (C=O) groups is 2. The van der Waals surface area contributed by atoms with E-state index in [0.717, 1.165) is 12.8 Å². The first kappa shape index (κ1) is 24.4. The van der Waals surface area contributed by atoms with E-state index in [4.69, 9.17) is 19.3 Å². The number of phenolic OH excluding ortho intramolecular Hbond substituents is 1. The van der Waals surface area contributed by atoms with Gasteiger partial charge in [0.2, 0.25) is 0 Å². The summed E-state index contributed by atoms with van der Waals surface area (Å²) in [5.74, 6) is 0.823. The molecule has 0 amide bonds. The van der Waals surface area contributed by atoms with Gasteiger partial charge >= 0.3 is 5.97 Å². The lowest BCUT2D eigenvalue weighted by atomic mass is 9.95. The van der Waals surface area contributed by atoms with Crippen molar-refractivity contribution in [1.29, 1.82) is 0 Å². The number of hydrogen-bond donors (Lipinski definition) is 2. The number of phenols is 1. The minimum Gasteiger partial charge on any atom is -0.507 e. The van der Waals surface area contributed by atoms with E-state index in [1.807, 2.05) is 0 Å². The predicted molar refractivity (Wildman–Crippen MR) is 124 cm³/mol. The van der Waals surface area contributed by atoms with Gasteiger partial charge in [0, 0.05) is 12.0 Å². The Morgan fingerprint density at radius 2 is 1.61 bits per heavy atom. The van der Waals surface area contributed by atoms with Crippen LogP contribution in [0.1, 0.15) is 71.2 Å². The van der Waals surface area contributed by atoms with Crippen molar-refractivity contribution < 1.29 is 34.0 Å². The molecular weight excluding hydrogens is 424 g/mol. The third kappa shape index (κ3) is 6.40. The Kier molecular flexibility index (Phi) is 8.58. The molecule has 0 unspecified atom stereocenters. The Hall–Kier alpha value is -3.22. The molecule has 7 heteroatoms. The SMILES string of the molecule is COc1ccc(C(=O)O)cc1OCCCCOc1ccc(C(=O)CC2CCCC2)c(O)c1C. The van der Waals surface area contributed by atoms with Crippen molar-refractivity contribution >= 4 is 11.8 Å². The van der Waals surface area contributed by atoms with Gasteiger partial charge in [-0.15, -0.1) is 0 Å². The highest BCUT2D eigenvalue weighted by Crippen LogP contribution is 2.34. The average molecular weight is 457 g/mol. The van der Waals surface area contributed by atoms with Gasteiger partial charge in [0.05, 0.1) is 31.5 Å². The molecule has 2 aromatic rings. The fourth-order valence-corrected chi connectivity index (χ4v) is 4.14. The highest BCUT2D eigenvalue weighted by Gasteiger charge is 2.22. The van der Waals surface area contributed by atoms with Crippen LogP contribution in [0.3, 0.4) is 0 Å². The minimum atomic E-state index is -1.03. The second kappa shape index (κ2) is 11.6. The second-order valence-corrected chi connectivity index (χ2v) is 8.44. The molecule has 0 aliphatic heterocycles. The van der Waals surface area contributed by atoms with Crippen LogP contribution in [0.25, 0.3) is 0 Å². The second-order valence-electron chi connectivity index (χ2n) is 8.44. The van der Waals surface area contributed by atoms with Crippen molar-refractivity contribution in [3.8, 4) is 23.0 Å². The maximum Gasteiger partial charge on any atom is 0.335 e. The molecule has 1 aliphatic rings. The van der Waals surface area contributed by atoms with Crippen molar-refractivity contribution in [3.05, 3.63) is 47.0 Å². The van der Waals surface area contributed by atoms with Crippen molar-refractivity contribution in [2.75, 3.05) is 20.3 Å². The van der Waals surface area contributed by atoms with Crippen LogP contribution in [0.4, 0.5) is 0 Å². The Morgan fingerprint density at radius 3 is 2.24 bits per heavy atom. The van der Waals surface area contributed by atoms with Crippen LogP contribution < -0.4 is 14.2 Å². The third-order valence-electron chi connectivity index (χ3n) is 6.09. The molecule has 1 fully saturated rings. The standard InChI is InChI=1S/C26H32O7/c1-17-22(12-10-20(25(17)28)21(27)15-18-7-3-4-8-18)32-13-5-6-14-33-24-16-19(26(29)30)9-11-23(24)31-2/h9-12,16,18,28H,3-8,13-15H2,1-2H3,(H,29,30). The van der Waals surface area contributed by atoms with Crippen LogP contribution in [0.5, 0.6) is 23.0 Å². The van der Waals surface area contributed by atoms with Gasteiger partial charge in [-0.1, -0.05) is 25.7 Å². The largest absolute Gasteiger partial charge is 0.507 e. The van der Waals surface area contributed by atoms with Crippen LogP contribution >= 0.6 is 0 Å². The summed E-state index contributed by atoms with van der Waals surface area (Å²) in [4.78, 5) is 23.7. The molecule has 7 nitrogen and oxygen atoms in total. The van der Waals surface area contributed by atoms with Crippen LogP contribution in [0.15, 0.2) is 30.3 Å². The molecule has 178 valence electrons. The van der Waals surface area contributed by atoms with E-state index in [9.17, 15) is 14.7 Å². The van der Waals surface area contributed by atoms with Crippen molar-refractivity contribution in [3.63, 3.8) is 0 Å². The Labute approximate surface area is 194 Å². The first-order valence-corrected chi connectivity index (χ1v) is 11.4. The van der Waals surface area contributed by atoms with E-state index in [0.29, 0.717) is 66.8 Å². The van der Waals surface area contributed by atoms with Crippen LogP contribution in [0.2, 0.25) is 0 Å². The number of ether oxygens (including phenoxy) is 3. The number of methoxy groups -OCH3 is 1. The zero-order chi connectivity index (χ0) is 23.8. The molecule has 0 heterocycles. The van der Waals surface area contributed by atoms with Crippen molar-refractivity contribution in [1.82, 2.24) is 0 Å². The number of rotatable bonds is 12. The fraction of sp³-hybridized carbons (Fsp3) is 0.462. The molecule has 0 saturated heterocycles. The Bertz CT molecular complexity index is 977. The van der Waals surface area contributed by atoms with Crippen LogP contribution in [-0.2, 0) is 0 Å². The Morgan fingerprint density at radius 1 is 0.970 bits per heavy atom. The minimum absolute atomic E-state index is 0.00392. The summed E-state index contributed by atoms with van der Waals surface area (Å²) in [7, 11) is 1.50. The van der Waals surface area contributed by atoms with E-state index in [1.165, 1.54) is 32.1 Å². The van der Waals surface area contributed by atoms with Gasteiger partial charge < -0.3 is 24.4 Å². The van der Waals surface area contributed by atoms with E-state index in [1.54, 1.807) is 25.1 Å². The molecule has 3 rings (SSSR count). The molecule has 0 atom stereocenters. The fourth-order valence-electron chi connectivity index (χ4n) is 4.14. The molecule has 33 heavy (non-hydrogen) atoms. The van der Waals surface area contributed by atoms with Gasteiger partial charge in [0.15, 0.2) is 17.3 Å². The molecule has 0 aromatic heterocycles. The first-order valence-electron chi connectivity index (χ1n) is 11.4. The topological polar surface area (TPSA) is 102 Å². The van der Waals surface area contributed by atoms with Gasteiger partial charge in [-0.2, -0.15) is 0 Å². The third-order valence-corrected chi connectivity index (χ3v) is 6.09. The van der Waals surface area contributed by atoms with Crippen LogP contribution in [0, 0.1) is 12.8 Å². The van der Waals surface area contributed by atoms with Gasteiger partial charge in [-0.25, -0.2) is 4.79 Å². The molecule has 0 radical (unpaired) electrons. The summed E-state index contributed by atoms with van der Waals surface area (Å²) >= 11 is 0. The zero-order valence-electron chi connectivity index (χ0n) is 19.3. The summed E-state index contributed by atoms with van der Waals surface area (Å²) in [6, 6.07) is 7.88.